The molecule has 0 fully saturated rings. The van der Waals surface area contributed by atoms with Gasteiger partial charge in [-0.2, -0.15) is 0 Å². The third-order valence-corrected chi connectivity index (χ3v) is 11.3. The van der Waals surface area contributed by atoms with Crippen LogP contribution in [0, 0.1) is 0 Å². The molecule has 0 aromatic rings. The first-order chi connectivity index (χ1) is 30.0. The predicted molar refractivity (Wildman–Crippen MR) is 261 cm³/mol. The predicted octanol–water partition coefficient (Wildman–Crippen LogP) is 17.1. The fraction of sp³-hybridized carbons (Fsp3) is 0.800. The quantitative estimate of drug-likeness (QED) is 0.0263. The van der Waals surface area contributed by atoms with E-state index in [0.717, 1.165) is 96.3 Å². The summed E-state index contributed by atoms with van der Waals surface area (Å²) in [5, 5.41) is 0. The van der Waals surface area contributed by atoms with Crippen LogP contribution in [-0.2, 0) is 28.6 Å². The van der Waals surface area contributed by atoms with Crippen LogP contribution >= 0.6 is 0 Å². The van der Waals surface area contributed by atoms with Gasteiger partial charge < -0.3 is 14.2 Å². The highest BCUT2D eigenvalue weighted by Crippen LogP contribution is 2.15. The molecule has 0 N–H and O–H groups in total. The molecule has 0 saturated heterocycles. The minimum absolute atomic E-state index is 0.0829. The van der Waals surface area contributed by atoms with Crippen LogP contribution in [0.1, 0.15) is 265 Å². The number of rotatable bonds is 47. The number of unbranched alkanes of at least 4 members (excludes halogenated alkanes) is 28. The molecule has 0 radical (unpaired) electrons. The van der Waals surface area contributed by atoms with E-state index in [4.69, 9.17) is 14.2 Å². The maximum absolute atomic E-state index is 12.8. The number of hydrogen-bond acceptors (Lipinski definition) is 6. The van der Waals surface area contributed by atoms with Gasteiger partial charge >= 0.3 is 17.9 Å². The molecular formula is C55H98O6. The molecule has 0 heterocycles. The fourth-order valence-corrected chi connectivity index (χ4v) is 7.33. The smallest absolute Gasteiger partial charge is 0.306 e. The maximum Gasteiger partial charge on any atom is 0.306 e. The van der Waals surface area contributed by atoms with Gasteiger partial charge in [0.1, 0.15) is 13.2 Å². The third kappa shape index (κ3) is 48.3. The number of carbonyl (C=O) groups excluding carboxylic acids is 3. The van der Waals surface area contributed by atoms with Gasteiger partial charge in [0, 0.05) is 19.3 Å². The monoisotopic (exact) mass is 855 g/mol. The lowest BCUT2D eigenvalue weighted by Gasteiger charge is -2.18. The van der Waals surface area contributed by atoms with E-state index >= 15 is 0 Å². The molecule has 0 aromatic heterocycles. The number of ether oxygens (including phenoxy) is 3. The molecule has 0 aliphatic rings. The van der Waals surface area contributed by atoms with Crippen LogP contribution in [0.3, 0.4) is 0 Å². The second-order valence-electron chi connectivity index (χ2n) is 17.4. The Hall–Kier alpha value is -2.63. The van der Waals surface area contributed by atoms with E-state index in [-0.39, 0.29) is 31.1 Å². The summed E-state index contributed by atoms with van der Waals surface area (Å²) < 4.78 is 16.8. The van der Waals surface area contributed by atoms with E-state index in [0.29, 0.717) is 19.3 Å². The first kappa shape index (κ1) is 58.4. The molecule has 0 spiro atoms. The van der Waals surface area contributed by atoms with Gasteiger partial charge in [0.25, 0.3) is 0 Å². The molecule has 0 aromatic carbocycles. The third-order valence-electron chi connectivity index (χ3n) is 11.3. The van der Waals surface area contributed by atoms with Crippen LogP contribution in [-0.4, -0.2) is 37.2 Å². The summed E-state index contributed by atoms with van der Waals surface area (Å²) in [5.41, 5.74) is 0. The van der Waals surface area contributed by atoms with Crippen molar-refractivity contribution in [2.45, 2.75) is 271 Å². The number of esters is 3. The van der Waals surface area contributed by atoms with Crippen molar-refractivity contribution in [1.82, 2.24) is 0 Å². The van der Waals surface area contributed by atoms with Crippen LogP contribution < -0.4 is 0 Å². The van der Waals surface area contributed by atoms with Gasteiger partial charge in [-0.1, -0.05) is 211 Å². The Bertz CT molecular complexity index is 1010. The summed E-state index contributed by atoms with van der Waals surface area (Å²) in [4.78, 5) is 38.0. The largest absolute Gasteiger partial charge is 0.462 e. The summed E-state index contributed by atoms with van der Waals surface area (Å²) in [5.74, 6) is -0.901. The summed E-state index contributed by atoms with van der Waals surface area (Å²) in [7, 11) is 0. The van der Waals surface area contributed by atoms with E-state index in [1.807, 2.05) is 0 Å². The van der Waals surface area contributed by atoms with E-state index in [1.54, 1.807) is 0 Å². The minimum atomic E-state index is -0.781. The molecule has 0 bridgehead atoms. The SMILES string of the molecule is CCCCC/C=C\C/C=C\CCCCCCCC(=O)OCC(COC(=O)CCCCCCC/C=C\C/C=C\CCCCC)OC(=O)CCCCCCCCCCCCCCC. The molecule has 0 aliphatic carbocycles. The normalized spacial score (nSPS) is 11.9. The van der Waals surface area contributed by atoms with Crippen molar-refractivity contribution >= 4 is 17.9 Å². The lowest BCUT2D eigenvalue weighted by Crippen LogP contribution is -2.30. The summed E-state index contributed by atoms with van der Waals surface area (Å²) in [6.45, 7) is 6.57. The molecule has 0 aliphatic heterocycles. The standard InChI is InChI=1S/C55H98O6/c1-4-7-10-13-16-19-22-25-27-30-32-35-38-41-44-47-53(56)59-50-52(61-55(58)49-46-43-40-37-34-29-24-21-18-15-12-9-6-3)51-60-54(57)48-45-42-39-36-33-31-28-26-23-20-17-14-11-8-5-2/h16-17,19-20,25-28,52H,4-15,18,21-24,29-51H2,1-3H3/b19-16-,20-17-,27-25-,28-26-. The summed E-state index contributed by atoms with van der Waals surface area (Å²) in [6.07, 6.45) is 59.4. The van der Waals surface area contributed by atoms with Gasteiger partial charge in [0.15, 0.2) is 6.10 Å². The zero-order valence-electron chi connectivity index (χ0n) is 40.4. The Morgan fingerprint density at radius 2 is 0.590 bits per heavy atom. The van der Waals surface area contributed by atoms with Gasteiger partial charge in [-0.25, -0.2) is 0 Å². The first-order valence-corrected chi connectivity index (χ1v) is 26.1. The second-order valence-corrected chi connectivity index (χ2v) is 17.4. The van der Waals surface area contributed by atoms with Gasteiger partial charge in [-0.15, -0.1) is 0 Å². The highest BCUT2D eigenvalue weighted by Gasteiger charge is 2.19. The molecule has 0 saturated carbocycles. The number of carbonyl (C=O) groups is 3. The van der Waals surface area contributed by atoms with Gasteiger partial charge in [-0.05, 0) is 83.5 Å². The van der Waals surface area contributed by atoms with Crippen molar-refractivity contribution in [3.05, 3.63) is 48.6 Å². The Labute approximate surface area is 378 Å². The molecule has 6 heteroatoms. The molecule has 61 heavy (non-hydrogen) atoms. The summed E-state index contributed by atoms with van der Waals surface area (Å²) >= 11 is 0. The minimum Gasteiger partial charge on any atom is -0.462 e. The fourth-order valence-electron chi connectivity index (χ4n) is 7.33. The average Bonchev–Trinajstić information content (AvgIpc) is 3.26. The zero-order chi connectivity index (χ0) is 44.4. The molecule has 354 valence electrons. The van der Waals surface area contributed by atoms with Crippen LogP contribution in [0.5, 0.6) is 0 Å². The van der Waals surface area contributed by atoms with Gasteiger partial charge in [-0.3, -0.25) is 14.4 Å². The lowest BCUT2D eigenvalue weighted by molar-refractivity contribution is -0.167. The van der Waals surface area contributed by atoms with Crippen molar-refractivity contribution < 1.29 is 28.6 Å². The second kappa shape index (κ2) is 50.0. The maximum atomic E-state index is 12.8. The van der Waals surface area contributed by atoms with E-state index in [2.05, 4.69) is 69.4 Å². The lowest BCUT2D eigenvalue weighted by atomic mass is 10.0. The molecular weight excluding hydrogens is 757 g/mol. The molecule has 0 atom stereocenters. The van der Waals surface area contributed by atoms with Crippen molar-refractivity contribution in [2.24, 2.45) is 0 Å². The Morgan fingerprint density at radius 3 is 0.934 bits per heavy atom. The van der Waals surface area contributed by atoms with Crippen molar-refractivity contribution in [2.75, 3.05) is 13.2 Å². The van der Waals surface area contributed by atoms with E-state index in [1.165, 1.54) is 128 Å². The van der Waals surface area contributed by atoms with Crippen LogP contribution in [0.2, 0.25) is 0 Å². The van der Waals surface area contributed by atoms with Crippen LogP contribution in [0.15, 0.2) is 48.6 Å². The molecule has 6 nitrogen and oxygen atoms in total. The van der Waals surface area contributed by atoms with Gasteiger partial charge in [0.2, 0.25) is 0 Å². The Kier molecular flexibility index (Phi) is 47.9. The van der Waals surface area contributed by atoms with Crippen LogP contribution in [0.25, 0.3) is 0 Å². The van der Waals surface area contributed by atoms with Crippen molar-refractivity contribution in [3.8, 4) is 0 Å². The zero-order valence-corrected chi connectivity index (χ0v) is 40.4. The average molecular weight is 855 g/mol. The highest BCUT2D eigenvalue weighted by molar-refractivity contribution is 5.71. The van der Waals surface area contributed by atoms with Crippen LogP contribution in [0.4, 0.5) is 0 Å². The van der Waals surface area contributed by atoms with Crippen molar-refractivity contribution in [1.29, 1.82) is 0 Å². The Morgan fingerprint density at radius 1 is 0.328 bits per heavy atom. The number of hydrogen-bond donors (Lipinski definition) is 0. The topological polar surface area (TPSA) is 78.9 Å². The highest BCUT2D eigenvalue weighted by atomic mass is 16.6. The van der Waals surface area contributed by atoms with E-state index in [9.17, 15) is 14.4 Å². The number of allylic oxidation sites excluding steroid dienone is 8. The van der Waals surface area contributed by atoms with E-state index < -0.39 is 6.10 Å². The Balaban J connectivity index is 4.40. The first-order valence-electron chi connectivity index (χ1n) is 26.1. The molecule has 0 rings (SSSR count). The molecule has 0 amide bonds. The van der Waals surface area contributed by atoms with Gasteiger partial charge in [0.05, 0.1) is 0 Å². The van der Waals surface area contributed by atoms with Crippen molar-refractivity contribution in [3.63, 3.8) is 0 Å². The molecule has 0 unspecified atom stereocenters. The summed E-state index contributed by atoms with van der Waals surface area (Å²) in [6, 6.07) is 0.